The summed E-state index contributed by atoms with van der Waals surface area (Å²) in [5.74, 6) is 0. The van der Waals surface area contributed by atoms with Gasteiger partial charge >= 0.3 is 0 Å². The maximum absolute atomic E-state index is 11.6. The van der Waals surface area contributed by atoms with Crippen molar-refractivity contribution in [1.82, 2.24) is 15.5 Å². The van der Waals surface area contributed by atoms with E-state index in [-0.39, 0.29) is 0 Å². The zero-order valence-electron chi connectivity index (χ0n) is 7.67. The second-order valence-electron chi connectivity index (χ2n) is 2.72. The number of ether oxygens (including phenoxy) is 1. The van der Waals surface area contributed by atoms with Gasteiger partial charge in [-0.2, -0.15) is 5.10 Å². The molecule has 6 heteroatoms. The summed E-state index contributed by atoms with van der Waals surface area (Å²) in [5.41, 5.74) is 0.957. The zero-order chi connectivity index (χ0) is 10.2. The summed E-state index contributed by atoms with van der Waals surface area (Å²) in [6, 6.07) is 1.84. The van der Waals surface area contributed by atoms with E-state index in [1.54, 1.807) is 6.20 Å². The second-order valence-corrected chi connectivity index (χ2v) is 2.72. The number of nitrogens with zero attached hydrogens (tertiary/aromatic N) is 1. The van der Waals surface area contributed by atoms with Crippen molar-refractivity contribution in [3.63, 3.8) is 0 Å². The van der Waals surface area contributed by atoms with Gasteiger partial charge in [0.2, 0.25) is 0 Å². The molecular formula is C8H13F2N3O. The van der Waals surface area contributed by atoms with E-state index in [1.807, 2.05) is 6.07 Å². The number of rotatable bonds is 7. The Kier molecular flexibility index (Phi) is 5.09. The molecule has 0 aliphatic rings. The normalized spacial score (nSPS) is 11.1. The fourth-order valence-electron chi connectivity index (χ4n) is 0.923. The van der Waals surface area contributed by atoms with Crippen molar-refractivity contribution in [3.05, 3.63) is 18.0 Å². The van der Waals surface area contributed by atoms with Gasteiger partial charge in [0.15, 0.2) is 0 Å². The lowest BCUT2D eigenvalue weighted by Gasteiger charge is -2.04. The lowest BCUT2D eigenvalue weighted by atomic mass is 10.4. The van der Waals surface area contributed by atoms with Gasteiger partial charge in [-0.05, 0) is 6.07 Å². The van der Waals surface area contributed by atoms with Gasteiger partial charge in [0.1, 0.15) is 6.61 Å². The van der Waals surface area contributed by atoms with Gasteiger partial charge in [-0.3, -0.25) is 5.10 Å². The van der Waals surface area contributed by atoms with Gasteiger partial charge in [0.05, 0.1) is 6.61 Å². The van der Waals surface area contributed by atoms with E-state index < -0.39 is 13.0 Å². The van der Waals surface area contributed by atoms with Crippen LogP contribution in [0.5, 0.6) is 0 Å². The summed E-state index contributed by atoms with van der Waals surface area (Å²) >= 11 is 0. The molecule has 1 aromatic heterocycles. The minimum Gasteiger partial charge on any atom is -0.374 e. The Labute approximate surface area is 80.6 Å². The Morgan fingerprint density at radius 1 is 1.57 bits per heavy atom. The molecule has 80 valence electrons. The van der Waals surface area contributed by atoms with Gasteiger partial charge in [0.25, 0.3) is 6.43 Å². The maximum atomic E-state index is 11.6. The molecule has 0 atom stereocenters. The van der Waals surface area contributed by atoms with Crippen LogP contribution in [0.25, 0.3) is 0 Å². The highest BCUT2D eigenvalue weighted by molar-refractivity contribution is 4.96. The monoisotopic (exact) mass is 205 g/mol. The number of hydrogen-bond acceptors (Lipinski definition) is 3. The van der Waals surface area contributed by atoms with E-state index in [2.05, 4.69) is 20.3 Å². The fraction of sp³-hybridized carbons (Fsp3) is 0.625. The highest BCUT2D eigenvalue weighted by atomic mass is 19.3. The predicted octanol–water partition coefficient (Wildman–Crippen LogP) is 0.781. The van der Waals surface area contributed by atoms with Crippen molar-refractivity contribution in [3.8, 4) is 0 Å². The van der Waals surface area contributed by atoms with Crippen LogP contribution in [0.4, 0.5) is 8.78 Å². The quantitative estimate of drug-likeness (QED) is 0.647. The molecule has 1 aromatic rings. The molecular weight excluding hydrogens is 192 g/mol. The smallest absolute Gasteiger partial charge is 0.261 e. The molecule has 4 nitrogen and oxygen atoms in total. The average Bonchev–Trinajstić information content (AvgIpc) is 2.63. The zero-order valence-corrected chi connectivity index (χ0v) is 7.67. The summed E-state index contributed by atoms with van der Waals surface area (Å²) in [5, 5.41) is 9.56. The molecule has 0 aliphatic carbocycles. The highest BCUT2D eigenvalue weighted by Gasteiger charge is 2.00. The minimum atomic E-state index is -2.39. The molecule has 1 rings (SSSR count). The summed E-state index contributed by atoms with van der Waals surface area (Å²) in [6.07, 6.45) is -0.729. The molecule has 14 heavy (non-hydrogen) atoms. The third-order valence-corrected chi connectivity index (χ3v) is 1.54. The van der Waals surface area contributed by atoms with Crippen LogP contribution in [0, 0.1) is 0 Å². The summed E-state index contributed by atoms with van der Waals surface area (Å²) in [7, 11) is 0. The Bertz CT molecular complexity index is 229. The largest absolute Gasteiger partial charge is 0.374 e. The molecule has 0 amide bonds. The molecule has 0 aromatic carbocycles. The fourth-order valence-corrected chi connectivity index (χ4v) is 0.923. The molecule has 0 bridgehead atoms. The Morgan fingerprint density at radius 2 is 2.43 bits per heavy atom. The SMILES string of the molecule is FC(F)COCCNCc1ccn[nH]1. The van der Waals surface area contributed by atoms with E-state index in [0.29, 0.717) is 19.7 Å². The standard InChI is InChI=1S/C8H13F2N3O/c9-8(10)6-14-4-3-11-5-7-1-2-12-13-7/h1-2,8,11H,3-6H2,(H,12,13). The van der Waals surface area contributed by atoms with Crippen molar-refractivity contribution in [2.75, 3.05) is 19.8 Å². The van der Waals surface area contributed by atoms with Crippen LogP contribution in [-0.4, -0.2) is 36.4 Å². The topological polar surface area (TPSA) is 49.9 Å². The van der Waals surface area contributed by atoms with Crippen LogP contribution >= 0.6 is 0 Å². The average molecular weight is 205 g/mol. The van der Waals surface area contributed by atoms with Crippen LogP contribution in [0.3, 0.4) is 0 Å². The Hall–Kier alpha value is -1.01. The van der Waals surface area contributed by atoms with Gasteiger partial charge in [0, 0.05) is 25.0 Å². The van der Waals surface area contributed by atoms with Crippen molar-refractivity contribution >= 4 is 0 Å². The molecule has 0 unspecified atom stereocenters. The van der Waals surface area contributed by atoms with Crippen LogP contribution in [-0.2, 0) is 11.3 Å². The van der Waals surface area contributed by atoms with Crippen LogP contribution in [0.2, 0.25) is 0 Å². The number of aromatic amines is 1. The molecule has 0 saturated carbocycles. The van der Waals surface area contributed by atoms with E-state index in [9.17, 15) is 8.78 Å². The molecule has 0 saturated heterocycles. The second kappa shape index (κ2) is 6.44. The van der Waals surface area contributed by atoms with E-state index in [4.69, 9.17) is 0 Å². The van der Waals surface area contributed by atoms with Gasteiger partial charge < -0.3 is 10.1 Å². The first-order valence-corrected chi connectivity index (χ1v) is 4.34. The molecule has 0 spiro atoms. The Balaban J connectivity index is 1.90. The maximum Gasteiger partial charge on any atom is 0.261 e. The van der Waals surface area contributed by atoms with Crippen molar-refractivity contribution in [2.45, 2.75) is 13.0 Å². The van der Waals surface area contributed by atoms with Crippen molar-refractivity contribution in [1.29, 1.82) is 0 Å². The third-order valence-electron chi connectivity index (χ3n) is 1.54. The molecule has 0 aliphatic heterocycles. The highest BCUT2D eigenvalue weighted by Crippen LogP contribution is 1.92. The first kappa shape index (κ1) is 11.1. The van der Waals surface area contributed by atoms with Crippen molar-refractivity contribution in [2.24, 2.45) is 0 Å². The summed E-state index contributed by atoms with van der Waals surface area (Å²) in [4.78, 5) is 0. The number of aromatic nitrogens is 2. The number of hydrogen-bond donors (Lipinski definition) is 2. The summed E-state index contributed by atoms with van der Waals surface area (Å²) in [6.45, 7) is 0.980. The van der Waals surface area contributed by atoms with Crippen LogP contribution in [0.15, 0.2) is 12.3 Å². The number of alkyl halides is 2. The van der Waals surface area contributed by atoms with E-state index >= 15 is 0 Å². The number of nitrogens with one attached hydrogen (secondary N) is 2. The first-order chi connectivity index (χ1) is 6.79. The molecule has 0 fully saturated rings. The third kappa shape index (κ3) is 4.88. The van der Waals surface area contributed by atoms with Crippen molar-refractivity contribution < 1.29 is 13.5 Å². The molecule has 1 heterocycles. The van der Waals surface area contributed by atoms with Gasteiger partial charge in [-0.25, -0.2) is 8.78 Å². The first-order valence-electron chi connectivity index (χ1n) is 4.34. The lowest BCUT2D eigenvalue weighted by Crippen LogP contribution is -2.20. The van der Waals surface area contributed by atoms with Gasteiger partial charge in [-0.15, -0.1) is 0 Å². The number of H-pyrrole nitrogens is 1. The summed E-state index contributed by atoms with van der Waals surface area (Å²) < 4.78 is 27.9. The van der Waals surface area contributed by atoms with E-state index in [0.717, 1.165) is 5.69 Å². The minimum absolute atomic E-state index is 0.290. The van der Waals surface area contributed by atoms with E-state index in [1.165, 1.54) is 0 Å². The van der Waals surface area contributed by atoms with Crippen LogP contribution in [0.1, 0.15) is 5.69 Å². The number of halogens is 2. The predicted molar refractivity (Wildman–Crippen MR) is 47.1 cm³/mol. The van der Waals surface area contributed by atoms with Crippen LogP contribution < -0.4 is 5.32 Å². The molecule has 2 N–H and O–H groups in total. The van der Waals surface area contributed by atoms with Gasteiger partial charge in [-0.1, -0.05) is 0 Å². The lowest BCUT2D eigenvalue weighted by molar-refractivity contribution is 0.0187. The molecule has 0 radical (unpaired) electrons. The Morgan fingerprint density at radius 3 is 3.07 bits per heavy atom.